The lowest BCUT2D eigenvalue weighted by Gasteiger charge is -2.28. The van der Waals surface area contributed by atoms with Crippen molar-refractivity contribution in [3.8, 4) is 0 Å². The maximum Gasteiger partial charge on any atom is 0.260 e. The van der Waals surface area contributed by atoms with Crippen molar-refractivity contribution in [2.24, 2.45) is 0 Å². The number of benzene rings is 2. The Morgan fingerprint density at radius 3 is 2.73 bits per heavy atom. The van der Waals surface area contributed by atoms with Crippen LogP contribution in [-0.2, 0) is 22.6 Å². The molecule has 2 aliphatic rings. The molecule has 3 N–H and O–H groups in total. The van der Waals surface area contributed by atoms with Crippen LogP contribution in [0.5, 0.6) is 0 Å². The fourth-order valence-electron chi connectivity index (χ4n) is 4.08. The highest BCUT2D eigenvalue weighted by atomic mass is 16.5. The lowest BCUT2D eigenvalue weighted by molar-refractivity contribution is -0.110. The molecule has 0 saturated heterocycles. The molecule has 158 valence electrons. The van der Waals surface area contributed by atoms with E-state index < -0.39 is 6.10 Å². The molecule has 0 unspecified atom stereocenters. The van der Waals surface area contributed by atoms with Gasteiger partial charge >= 0.3 is 0 Å². The summed E-state index contributed by atoms with van der Waals surface area (Å²) < 4.78 is 5.97. The monoisotopic (exact) mass is 408 g/mol. The van der Waals surface area contributed by atoms with Gasteiger partial charge in [-0.1, -0.05) is 36.4 Å². The molecule has 1 atom stereocenters. The van der Waals surface area contributed by atoms with E-state index in [1.807, 2.05) is 30.3 Å². The first kappa shape index (κ1) is 20.6. The summed E-state index contributed by atoms with van der Waals surface area (Å²) in [5, 5.41) is 21.8. The molecule has 0 aromatic heterocycles. The number of rotatable bonds is 7. The minimum Gasteiger partial charge on any atom is -0.487 e. The SMILES string of the molecule is CC(C)N(CCc1ccc2c(c1)CO/C2=C1/C(=O)Nc2ccccc21)C[C@H](O)CO. The van der Waals surface area contributed by atoms with Gasteiger partial charge in [0, 0.05) is 41.5 Å². The predicted molar refractivity (Wildman–Crippen MR) is 117 cm³/mol. The van der Waals surface area contributed by atoms with Crippen molar-refractivity contribution in [3.63, 3.8) is 0 Å². The van der Waals surface area contributed by atoms with Gasteiger partial charge in [0.1, 0.15) is 12.4 Å². The molecule has 4 rings (SSSR count). The van der Waals surface area contributed by atoms with Gasteiger partial charge in [-0.25, -0.2) is 0 Å². The number of carbonyl (C=O) groups is 1. The molecule has 1 amide bonds. The van der Waals surface area contributed by atoms with Crippen LogP contribution in [0.1, 0.15) is 36.1 Å². The summed E-state index contributed by atoms with van der Waals surface area (Å²) in [7, 11) is 0. The smallest absolute Gasteiger partial charge is 0.260 e. The molecular weight excluding hydrogens is 380 g/mol. The molecule has 0 aliphatic carbocycles. The van der Waals surface area contributed by atoms with Gasteiger partial charge in [-0.15, -0.1) is 0 Å². The number of nitrogens with one attached hydrogen (secondary N) is 1. The van der Waals surface area contributed by atoms with Gasteiger partial charge < -0.3 is 20.3 Å². The highest BCUT2D eigenvalue weighted by Crippen LogP contribution is 2.41. The first-order chi connectivity index (χ1) is 14.5. The first-order valence-electron chi connectivity index (χ1n) is 10.4. The highest BCUT2D eigenvalue weighted by molar-refractivity contribution is 6.36. The third-order valence-corrected chi connectivity index (χ3v) is 5.76. The zero-order chi connectivity index (χ0) is 21.3. The number of para-hydroxylation sites is 1. The molecule has 0 bridgehead atoms. The molecule has 30 heavy (non-hydrogen) atoms. The maximum atomic E-state index is 12.6. The third kappa shape index (κ3) is 3.99. The molecule has 0 saturated carbocycles. The zero-order valence-corrected chi connectivity index (χ0v) is 17.4. The van der Waals surface area contributed by atoms with Gasteiger partial charge in [-0.2, -0.15) is 0 Å². The number of nitrogens with zero attached hydrogens (tertiary/aromatic N) is 1. The summed E-state index contributed by atoms with van der Waals surface area (Å²) in [4.78, 5) is 14.7. The van der Waals surface area contributed by atoms with E-state index >= 15 is 0 Å². The van der Waals surface area contributed by atoms with Crippen molar-refractivity contribution in [1.82, 2.24) is 4.90 Å². The van der Waals surface area contributed by atoms with Crippen molar-refractivity contribution < 1.29 is 19.7 Å². The van der Waals surface area contributed by atoms with Crippen LogP contribution >= 0.6 is 0 Å². The molecule has 6 heteroatoms. The molecule has 0 fully saturated rings. The largest absolute Gasteiger partial charge is 0.487 e. The summed E-state index contributed by atoms with van der Waals surface area (Å²) in [6.07, 6.45) is 0.106. The standard InChI is InChI=1S/C24H28N2O4/c1-15(2)26(12-18(28)13-27)10-9-16-7-8-19-17(11-16)14-30-23(19)22-20-5-3-4-6-21(20)25-24(22)29/h3-8,11,15,18,27-28H,9-10,12-14H2,1-2H3,(H,25,29)/b23-22+/t18-/m0/s1. The Balaban J connectivity index is 1.54. The summed E-state index contributed by atoms with van der Waals surface area (Å²) in [5.41, 5.74) is 5.53. The second-order valence-electron chi connectivity index (χ2n) is 8.16. The minimum atomic E-state index is -0.726. The van der Waals surface area contributed by atoms with Crippen LogP contribution in [0.3, 0.4) is 0 Å². The number of hydrogen-bond acceptors (Lipinski definition) is 5. The Kier molecular flexibility index (Phi) is 5.90. The van der Waals surface area contributed by atoms with Gasteiger partial charge in [0.05, 0.1) is 18.3 Å². The fourth-order valence-corrected chi connectivity index (χ4v) is 4.08. The Labute approximate surface area is 176 Å². The summed E-state index contributed by atoms with van der Waals surface area (Å²) >= 11 is 0. The van der Waals surface area contributed by atoms with E-state index in [1.54, 1.807) is 0 Å². The van der Waals surface area contributed by atoms with Crippen LogP contribution in [0, 0.1) is 0 Å². The first-order valence-corrected chi connectivity index (χ1v) is 10.4. The van der Waals surface area contributed by atoms with E-state index in [1.165, 1.54) is 5.56 Å². The van der Waals surface area contributed by atoms with Crippen LogP contribution in [0.2, 0.25) is 0 Å². The maximum absolute atomic E-state index is 12.6. The lowest BCUT2D eigenvalue weighted by atomic mass is 9.98. The predicted octanol–water partition coefficient (Wildman–Crippen LogP) is 2.64. The summed E-state index contributed by atoms with van der Waals surface area (Å²) in [6, 6.07) is 14.2. The number of ether oxygens (including phenoxy) is 1. The second kappa shape index (κ2) is 8.60. The van der Waals surface area contributed by atoms with Crippen LogP contribution < -0.4 is 5.32 Å². The fraction of sp³-hybridized carbons (Fsp3) is 0.375. The highest BCUT2D eigenvalue weighted by Gasteiger charge is 2.32. The molecule has 0 radical (unpaired) electrons. The number of carbonyl (C=O) groups excluding carboxylic acids is 1. The summed E-state index contributed by atoms with van der Waals surface area (Å²) in [6.45, 7) is 5.64. The number of fused-ring (bicyclic) bond motifs is 2. The van der Waals surface area contributed by atoms with Crippen molar-refractivity contribution >= 4 is 22.9 Å². The molecule has 2 aromatic rings. The Morgan fingerprint density at radius 2 is 1.97 bits per heavy atom. The van der Waals surface area contributed by atoms with Gasteiger partial charge in [0.25, 0.3) is 5.91 Å². The number of anilines is 1. The number of aliphatic hydroxyl groups excluding tert-OH is 2. The molecule has 2 heterocycles. The number of amides is 1. The van der Waals surface area contributed by atoms with Gasteiger partial charge in [0.15, 0.2) is 0 Å². The van der Waals surface area contributed by atoms with E-state index in [2.05, 4.69) is 36.2 Å². The second-order valence-corrected chi connectivity index (χ2v) is 8.16. The van der Waals surface area contributed by atoms with E-state index in [4.69, 9.17) is 9.84 Å². The van der Waals surface area contributed by atoms with Crippen LogP contribution in [0.4, 0.5) is 5.69 Å². The van der Waals surface area contributed by atoms with Crippen molar-refractivity contribution in [3.05, 3.63) is 64.7 Å². The van der Waals surface area contributed by atoms with Crippen molar-refractivity contribution in [2.45, 2.75) is 39.0 Å². The normalized spacial score (nSPS) is 18.4. The van der Waals surface area contributed by atoms with Crippen LogP contribution in [0.25, 0.3) is 11.3 Å². The van der Waals surface area contributed by atoms with Crippen molar-refractivity contribution in [2.75, 3.05) is 25.0 Å². The molecule has 2 aromatic carbocycles. The minimum absolute atomic E-state index is 0.127. The average Bonchev–Trinajstić information content (AvgIpc) is 3.29. The number of aliphatic hydroxyl groups is 2. The molecule has 2 aliphatic heterocycles. The third-order valence-electron chi connectivity index (χ3n) is 5.76. The van der Waals surface area contributed by atoms with E-state index in [9.17, 15) is 9.90 Å². The molecule has 6 nitrogen and oxygen atoms in total. The lowest BCUT2D eigenvalue weighted by Crippen LogP contribution is -2.40. The number of hydrogen-bond donors (Lipinski definition) is 3. The van der Waals surface area contributed by atoms with Gasteiger partial charge in [0.2, 0.25) is 0 Å². The van der Waals surface area contributed by atoms with E-state index in [-0.39, 0.29) is 18.6 Å². The molecular formula is C24H28N2O4. The van der Waals surface area contributed by atoms with Crippen molar-refractivity contribution in [1.29, 1.82) is 0 Å². The van der Waals surface area contributed by atoms with E-state index in [0.29, 0.717) is 24.5 Å². The molecule has 0 spiro atoms. The topological polar surface area (TPSA) is 82.0 Å². The van der Waals surface area contributed by atoms with Crippen LogP contribution in [-0.4, -0.2) is 52.9 Å². The Hall–Kier alpha value is -2.67. The zero-order valence-electron chi connectivity index (χ0n) is 17.4. The van der Waals surface area contributed by atoms with E-state index in [0.717, 1.165) is 35.3 Å². The van der Waals surface area contributed by atoms with Crippen LogP contribution in [0.15, 0.2) is 42.5 Å². The Bertz CT molecular complexity index is 983. The average molecular weight is 408 g/mol. The van der Waals surface area contributed by atoms with Gasteiger partial charge in [-0.05, 0) is 31.9 Å². The summed E-state index contributed by atoms with van der Waals surface area (Å²) in [5.74, 6) is 0.520. The Morgan fingerprint density at radius 1 is 1.17 bits per heavy atom. The van der Waals surface area contributed by atoms with Gasteiger partial charge in [-0.3, -0.25) is 9.69 Å². The quantitative estimate of drug-likeness (QED) is 0.614.